The maximum absolute atomic E-state index is 5.58. The van der Waals surface area contributed by atoms with E-state index >= 15 is 0 Å². The van der Waals surface area contributed by atoms with Crippen LogP contribution in [0.25, 0.3) is 16.9 Å². The highest BCUT2D eigenvalue weighted by atomic mass is 15.1. The summed E-state index contributed by atoms with van der Waals surface area (Å²) in [4.78, 5) is 12.3. The van der Waals surface area contributed by atoms with Crippen molar-refractivity contribution in [3.05, 3.63) is 42.4 Å². The number of terminal acetylenes is 1. The van der Waals surface area contributed by atoms with Gasteiger partial charge in [0.2, 0.25) is 5.95 Å². The molecule has 5 heteroatoms. The lowest BCUT2D eigenvalue weighted by atomic mass is 10.2. The first-order valence-electron chi connectivity index (χ1n) is 5.30. The Hall–Kier alpha value is -2.87. The third-order valence-electron chi connectivity index (χ3n) is 2.62. The first-order valence-corrected chi connectivity index (χ1v) is 5.30. The highest BCUT2D eigenvalue weighted by molar-refractivity contribution is 5.78. The number of nitrogens with two attached hydrogens (primary N) is 1. The summed E-state index contributed by atoms with van der Waals surface area (Å²) in [6.45, 7) is 0. The standard InChI is InChI=1S/C13H9N5/c1-2-9-3-4-10-11(7-9)18(8-16-10)12-5-6-15-13(14)17-12/h1,3-8H,(H2,14,15,17). The summed E-state index contributed by atoms with van der Waals surface area (Å²) in [6.07, 6.45) is 8.69. The van der Waals surface area contributed by atoms with Crippen LogP contribution in [0.3, 0.4) is 0 Å². The summed E-state index contributed by atoms with van der Waals surface area (Å²) < 4.78 is 1.83. The lowest BCUT2D eigenvalue weighted by Gasteiger charge is -2.03. The zero-order chi connectivity index (χ0) is 12.5. The van der Waals surface area contributed by atoms with Gasteiger partial charge in [-0.05, 0) is 24.3 Å². The van der Waals surface area contributed by atoms with E-state index in [1.807, 2.05) is 22.8 Å². The molecule has 2 N–H and O–H groups in total. The molecule has 0 saturated carbocycles. The van der Waals surface area contributed by atoms with Gasteiger partial charge in [-0.3, -0.25) is 4.57 Å². The number of imidazole rings is 1. The number of hydrogen-bond acceptors (Lipinski definition) is 4. The number of benzene rings is 1. The van der Waals surface area contributed by atoms with E-state index in [1.165, 1.54) is 0 Å². The Kier molecular flexibility index (Phi) is 2.21. The fourth-order valence-electron chi connectivity index (χ4n) is 1.78. The average Bonchev–Trinajstić information content (AvgIpc) is 2.81. The van der Waals surface area contributed by atoms with Crippen LogP contribution in [0, 0.1) is 12.3 Å². The van der Waals surface area contributed by atoms with E-state index < -0.39 is 0 Å². The second-order valence-electron chi connectivity index (χ2n) is 3.74. The highest BCUT2D eigenvalue weighted by Crippen LogP contribution is 2.18. The summed E-state index contributed by atoms with van der Waals surface area (Å²) in [5, 5.41) is 0. The first-order chi connectivity index (χ1) is 8.78. The molecule has 0 aliphatic carbocycles. The molecular weight excluding hydrogens is 226 g/mol. The van der Waals surface area contributed by atoms with Crippen molar-refractivity contribution >= 4 is 17.0 Å². The molecule has 0 bridgehead atoms. The van der Waals surface area contributed by atoms with Gasteiger partial charge < -0.3 is 5.73 Å². The van der Waals surface area contributed by atoms with Crippen LogP contribution < -0.4 is 5.73 Å². The number of anilines is 1. The molecule has 3 rings (SSSR count). The minimum atomic E-state index is 0.224. The Balaban J connectivity index is 2.27. The molecule has 18 heavy (non-hydrogen) atoms. The first kappa shape index (κ1) is 10.3. The van der Waals surface area contributed by atoms with Gasteiger partial charge in [0.15, 0.2) is 0 Å². The van der Waals surface area contributed by atoms with Gasteiger partial charge in [0.25, 0.3) is 0 Å². The maximum atomic E-state index is 5.58. The summed E-state index contributed by atoms with van der Waals surface area (Å²) in [7, 11) is 0. The minimum Gasteiger partial charge on any atom is -0.368 e. The third kappa shape index (κ3) is 1.57. The Bertz CT molecular complexity index is 766. The molecule has 86 valence electrons. The summed E-state index contributed by atoms with van der Waals surface area (Å²) >= 11 is 0. The number of nitrogen functional groups attached to an aromatic ring is 1. The number of hydrogen-bond donors (Lipinski definition) is 1. The molecule has 0 radical (unpaired) electrons. The van der Waals surface area contributed by atoms with E-state index in [0.29, 0.717) is 5.82 Å². The van der Waals surface area contributed by atoms with Crippen molar-refractivity contribution in [3.8, 4) is 18.2 Å². The van der Waals surface area contributed by atoms with Gasteiger partial charge in [-0.2, -0.15) is 4.98 Å². The molecular formula is C13H9N5. The second-order valence-corrected chi connectivity index (χ2v) is 3.74. The predicted octanol–water partition coefficient (Wildman–Crippen LogP) is 1.38. The van der Waals surface area contributed by atoms with Crippen LogP contribution in [-0.2, 0) is 0 Å². The highest BCUT2D eigenvalue weighted by Gasteiger charge is 2.06. The van der Waals surface area contributed by atoms with Crippen LogP contribution in [0.4, 0.5) is 5.95 Å². The molecule has 0 aliphatic rings. The van der Waals surface area contributed by atoms with Gasteiger partial charge in [-0.1, -0.05) is 5.92 Å². The Labute approximate surface area is 103 Å². The van der Waals surface area contributed by atoms with E-state index in [1.54, 1.807) is 18.6 Å². The zero-order valence-corrected chi connectivity index (χ0v) is 9.41. The van der Waals surface area contributed by atoms with Gasteiger partial charge >= 0.3 is 0 Å². The van der Waals surface area contributed by atoms with Gasteiger partial charge in [-0.15, -0.1) is 6.42 Å². The van der Waals surface area contributed by atoms with Crippen LogP contribution in [0.1, 0.15) is 5.56 Å². The van der Waals surface area contributed by atoms with E-state index in [-0.39, 0.29) is 5.95 Å². The average molecular weight is 235 g/mol. The number of aromatic nitrogens is 4. The predicted molar refractivity (Wildman–Crippen MR) is 69.0 cm³/mol. The van der Waals surface area contributed by atoms with Crippen LogP contribution in [0.5, 0.6) is 0 Å². The lowest BCUT2D eigenvalue weighted by Crippen LogP contribution is -2.01. The third-order valence-corrected chi connectivity index (χ3v) is 2.62. The molecule has 0 saturated heterocycles. The molecule has 2 aromatic heterocycles. The van der Waals surface area contributed by atoms with Crippen molar-refractivity contribution in [2.75, 3.05) is 5.73 Å². The molecule has 1 aromatic carbocycles. The van der Waals surface area contributed by atoms with E-state index in [0.717, 1.165) is 16.6 Å². The SMILES string of the molecule is C#Cc1ccc2ncn(-c3ccnc(N)n3)c2c1. The lowest BCUT2D eigenvalue weighted by molar-refractivity contribution is 1.00. The largest absolute Gasteiger partial charge is 0.368 e. The van der Waals surface area contributed by atoms with Crippen molar-refractivity contribution in [2.45, 2.75) is 0 Å². The van der Waals surface area contributed by atoms with Gasteiger partial charge in [0.05, 0.1) is 11.0 Å². The van der Waals surface area contributed by atoms with Crippen LogP contribution in [0.2, 0.25) is 0 Å². The molecule has 0 aliphatic heterocycles. The molecule has 0 amide bonds. The molecule has 5 nitrogen and oxygen atoms in total. The summed E-state index contributed by atoms with van der Waals surface area (Å²) in [5.41, 5.74) is 8.12. The van der Waals surface area contributed by atoms with E-state index in [4.69, 9.17) is 12.2 Å². The Morgan fingerprint density at radius 1 is 1.22 bits per heavy atom. The molecule has 0 spiro atoms. The van der Waals surface area contributed by atoms with Crippen molar-refractivity contribution < 1.29 is 0 Å². The minimum absolute atomic E-state index is 0.224. The Morgan fingerprint density at radius 3 is 2.89 bits per heavy atom. The van der Waals surface area contributed by atoms with Crippen LogP contribution in [0.15, 0.2) is 36.8 Å². The molecule has 3 aromatic rings. The topological polar surface area (TPSA) is 69.6 Å². The monoisotopic (exact) mass is 235 g/mol. The fourth-order valence-corrected chi connectivity index (χ4v) is 1.78. The second kappa shape index (κ2) is 3.86. The van der Waals surface area contributed by atoms with Gasteiger partial charge in [0.1, 0.15) is 12.1 Å². The quantitative estimate of drug-likeness (QED) is 0.647. The van der Waals surface area contributed by atoms with E-state index in [2.05, 4.69) is 20.9 Å². The molecule has 0 unspecified atom stereocenters. The molecule has 0 atom stereocenters. The zero-order valence-electron chi connectivity index (χ0n) is 9.41. The fraction of sp³-hybridized carbons (Fsp3) is 0. The van der Waals surface area contributed by atoms with Gasteiger partial charge in [0, 0.05) is 11.8 Å². The maximum Gasteiger partial charge on any atom is 0.221 e. The summed E-state index contributed by atoms with van der Waals surface area (Å²) in [5.74, 6) is 3.49. The number of nitrogens with zero attached hydrogens (tertiary/aromatic N) is 4. The number of fused-ring (bicyclic) bond motifs is 1. The van der Waals surface area contributed by atoms with Crippen molar-refractivity contribution in [3.63, 3.8) is 0 Å². The normalized spacial score (nSPS) is 10.4. The summed E-state index contributed by atoms with van der Waals surface area (Å²) in [6, 6.07) is 7.39. The van der Waals surface area contributed by atoms with Crippen molar-refractivity contribution in [1.29, 1.82) is 0 Å². The Morgan fingerprint density at radius 2 is 2.11 bits per heavy atom. The molecule has 0 fully saturated rings. The van der Waals surface area contributed by atoms with E-state index in [9.17, 15) is 0 Å². The van der Waals surface area contributed by atoms with Crippen LogP contribution in [-0.4, -0.2) is 19.5 Å². The number of rotatable bonds is 1. The van der Waals surface area contributed by atoms with Gasteiger partial charge in [-0.25, -0.2) is 9.97 Å². The van der Waals surface area contributed by atoms with Crippen LogP contribution >= 0.6 is 0 Å². The smallest absolute Gasteiger partial charge is 0.221 e. The van der Waals surface area contributed by atoms with Crippen molar-refractivity contribution in [1.82, 2.24) is 19.5 Å². The van der Waals surface area contributed by atoms with Crippen molar-refractivity contribution in [2.24, 2.45) is 0 Å². The molecule has 2 heterocycles.